The molecular weight excluding hydrogens is 298 g/mol. The molecule has 112 valence electrons. The van der Waals surface area contributed by atoms with E-state index in [1.165, 1.54) is 5.56 Å². The maximum absolute atomic E-state index is 5.84. The number of fused-ring (bicyclic) bond motifs is 1. The fourth-order valence-electron chi connectivity index (χ4n) is 2.66. The van der Waals surface area contributed by atoms with Crippen molar-refractivity contribution >= 4 is 11.3 Å². The number of hydrogen-bond acceptors (Lipinski definition) is 7. The Morgan fingerprint density at radius 1 is 1.36 bits per heavy atom. The molecular formula is C15H15N5OS. The molecule has 0 radical (unpaired) electrons. The third-order valence-corrected chi connectivity index (χ3v) is 4.84. The van der Waals surface area contributed by atoms with Crippen molar-refractivity contribution in [3.8, 4) is 10.8 Å². The van der Waals surface area contributed by atoms with Gasteiger partial charge in [-0.2, -0.15) is 0 Å². The molecule has 1 aliphatic rings. The molecule has 4 heterocycles. The lowest BCUT2D eigenvalue weighted by Crippen LogP contribution is -2.33. The zero-order valence-corrected chi connectivity index (χ0v) is 13.0. The molecule has 0 bridgehead atoms. The average Bonchev–Trinajstić information content (AvgIpc) is 3.24. The largest absolute Gasteiger partial charge is 0.418 e. The molecule has 3 aromatic rings. The minimum Gasteiger partial charge on any atom is -0.418 e. The minimum atomic E-state index is 0.0735. The standard InChI is InChI=1S/C15H15N5OS/c1-10(14-18-19-15(21-14)13-3-2-6-22-13)20-5-4-11-7-16-9-17-12(11)8-20/h2-3,6-7,9-10H,4-5,8H2,1H3. The molecule has 3 aromatic heterocycles. The van der Waals surface area contributed by atoms with E-state index in [9.17, 15) is 0 Å². The Morgan fingerprint density at radius 2 is 2.32 bits per heavy atom. The summed E-state index contributed by atoms with van der Waals surface area (Å²) in [6.07, 6.45) is 4.47. The summed E-state index contributed by atoms with van der Waals surface area (Å²) in [5.74, 6) is 1.25. The zero-order chi connectivity index (χ0) is 14.9. The predicted octanol–water partition coefficient (Wildman–Crippen LogP) is 2.71. The van der Waals surface area contributed by atoms with Gasteiger partial charge in [-0.3, -0.25) is 4.90 Å². The van der Waals surface area contributed by atoms with Crippen LogP contribution >= 0.6 is 11.3 Å². The van der Waals surface area contributed by atoms with E-state index in [1.54, 1.807) is 17.7 Å². The van der Waals surface area contributed by atoms with E-state index in [2.05, 4.69) is 32.0 Å². The quantitative estimate of drug-likeness (QED) is 0.740. The molecule has 0 saturated carbocycles. The van der Waals surface area contributed by atoms with E-state index in [-0.39, 0.29) is 6.04 Å². The summed E-state index contributed by atoms with van der Waals surface area (Å²) in [7, 11) is 0. The fourth-order valence-corrected chi connectivity index (χ4v) is 3.30. The summed E-state index contributed by atoms with van der Waals surface area (Å²) in [5, 5.41) is 10.4. The average molecular weight is 313 g/mol. The molecule has 1 unspecified atom stereocenters. The Kier molecular flexibility index (Phi) is 3.44. The normalized spacial score (nSPS) is 16.4. The number of aromatic nitrogens is 4. The molecule has 4 rings (SSSR count). The van der Waals surface area contributed by atoms with Crippen LogP contribution in [0.5, 0.6) is 0 Å². The number of nitrogens with zero attached hydrogens (tertiary/aromatic N) is 5. The van der Waals surface area contributed by atoms with Gasteiger partial charge in [0.1, 0.15) is 6.33 Å². The number of rotatable bonds is 3. The summed E-state index contributed by atoms with van der Waals surface area (Å²) in [4.78, 5) is 11.8. The topological polar surface area (TPSA) is 67.9 Å². The molecule has 1 aliphatic heterocycles. The number of thiophene rings is 1. The van der Waals surface area contributed by atoms with E-state index in [0.29, 0.717) is 11.8 Å². The van der Waals surface area contributed by atoms with E-state index in [1.807, 2.05) is 23.7 Å². The molecule has 1 atom stereocenters. The van der Waals surface area contributed by atoms with Crippen LogP contribution in [0.25, 0.3) is 10.8 Å². The van der Waals surface area contributed by atoms with Crippen LogP contribution in [-0.4, -0.2) is 31.6 Å². The second-order valence-electron chi connectivity index (χ2n) is 5.31. The Morgan fingerprint density at radius 3 is 3.18 bits per heavy atom. The van der Waals surface area contributed by atoms with Crippen LogP contribution in [-0.2, 0) is 13.0 Å². The molecule has 6 nitrogen and oxygen atoms in total. The van der Waals surface area contributed by atoms with E-state index < -0.39 is 0 Å². The van der Waals surface area contributed by atoms with Gasteiger partial charge >= 0.3 is 0 Å². The highest BCUT2D eigenvalue weighted by atomic mass is 32.1. The van der Waals surface area contributed by atoms with Crippen LogP contribution in [0.2, 0.25) is 0 Å². The highest BCUT2D eigenvalue weighted by Crippen LogP contribution is 2.29. The summed E-state index contributed by atoms with van der Waals surface area (Å²) < 4.78 is 5.84. The molecule has 0 amide bonds. The predicted molar refractivity (Wildman–Crippen MR) is 82.2 cm³/mol. The van der Waals surface area contributed by atoms with Gasteiger partial charge in [0.05, 0.1) is 16.6 Å². The second kappa shape index (κ2) is 5.58. The lowest BCUT2D eigenvalue weighted by Gasteiger charge is -2.30. The first-order chi connectivity index (χ1) is 10.8. The smallest absolute Gasteiger partial charge is 0.257 e. The van der Waals surface area contributed by atoms with Crippen LogP contribution in [0.1, 0.15) is 30.1 Å². The summed E-state index contributed by atoms with van der Waals surface area (Å²) in [6, 6.07) is 4.04. The Labute approximate surface area is 131 Å². The molecule has 0 saturated heterocycles. The Bertz CT molecular complexity index is 770. The van der Waals surface area contributed by atoms with Crippen LogP contribution in [0, 0.1) is 0 Å². The summed E-state index contributed by atoms with van der Waals surface area (Å²) in [5.41, 5.74) is 2.32. The Balaban J connectivity index is 1.54. The van der Waals surface area contributed by atoms with Gasteiger partial charge in [0.15, 0.2) is 0 Å². The van der Waals surface area contributed by atoms with Gasteiger partial charge in [0, 0.05) is 19.3 Å². The lowest BCUT2D eigenvalue weighted by molar-refractivity contribution is 0.164. The molecule has 0 fully saturated rings. The lowest BCUT2D eigenvalue weighted by atomic mass is 10.1. The molecule has 22 heavy (non-hydrogen) atoms. The van der Waals surface area contributed by atoms with E-state index in [0.717, 1.165) is 30.1 Å². The van der Waals surface area contributed by atoms with Crippen molar-refractivity contribution in [2.75, 3.05) is 6.54 Å². The van der Waals surface area contributed by atoms with Gasteiger partial charge < -0.3 is 4.42 Å². The first-order valence-corrected chi connectivity index (χ1v) is 8.08. The van der Waals surface area contributed by atoms with Gasteiger partial charge in [0.2, 0.25) is 5.89 Å². The maximum atomic E-state index is 5.84. The first kappa shape index (κ1) is 13.5. The first-order valence-electron chi connectivity index (χ1n) is 7.20. The van der Waals surface area contributed by atoms with Crippen molar-refractivity contribution in [3.05, 3.63) is 47.2 Å². The van der Waals surface area contributed by atoms with E-state index in [4.69, 9.17) is 4.42 Å². The monoisotopic (exact) mass is 313 g/mol. The van der Waals surface area contributed by atoms with Crippen LogP contribution < -0.4 is 0 Å². The Hall–Kier alpha value is -2.12. The second-order valence-corrected chi connectivity index (χ2v) is 6.26. The van der Waals surface area contributed by atoms with Crippen LogP contribution in [0.4, 0.5) is 0 Å². The van der Waals surface area contributed by atoms with Crippen molar-refractivity contribution in [3.63, 3.8) is 0 Å². The zero-order valence-electron chi connectivity index (χ0n) is 12.1. The van der Waals surface area contributed by atoms with Gasteiger partial charge in [-0.05, 0) is 30.4 Å². The fraction of sp³-hybridized carbons (Fsp3) is 0.333. The van der Waals surface area contributed by atoms with Crippen molar-refractivity contribution in [1.29, 1.82) is 0 Å². The summed E-state index contributed by atoms with van der Waals surface area (Å²) in [6.45, 7) is 3.83. The highest BCUT2D eigenvalue weighted by Gasteiger charge is 2.26. The van der Waals surface area contributed by atoms with Gasteiger partial charge in [0.25, 0.3) is 5.89 Å². The third kappa shape index (κ3) is 2.42. The third-order valence-electron chi connectivity index (χ3n) is 3.98. The van der Waals surface area contributed by atoms with Crippen LogP contribution in [0.3, 0.4) is 0 Å². The molecule has 0 N–H and O–H groups in total. The van der Waals surface area contributed by atoms with Gasteiger partial charge in [-0.1, -0.05) is 6.07 Å². The summed E-state index contributed by atoms with van der Waals surface area (Å²) >= 11 is 1.60. The molecule has 7 heteroatoms. The van der Waals surface area contributed by atoms with Crippen molar-refractivity contribution in [1.82, 2.24) is 25.1 Å². The van der Waals surface area contributed by atoms with Crippen molar-refractivity contribution in [2.45, 2.75) is 25.9 Å². The van der Waals surface area contributed by atoms with Crippen molar-refractivity contribution in [2.24, 2.45) is 0 Å². The van der Waals surface area contributed by atoms with E-state index >= 15 is 0 Å². The van der Waals surface area contributed by atoms with Gasteiger partial charge in [-0.15, -0.1) is 21.5 Å². The minimum absolute atomic E-state index is 0.0735. The van der Waals surface area contributed by atoms with Gasteiger partial charge in [-0.25, -0.2) is 9.97 Å². The number of hydrogen-bond donors (Lipinski definition) is 0. The maximum Gasteiger partial charge on any atom is 0.257 e. The highest BCUT2D eigenvalue weighted by molar-refractivity contribution is 7.13. The molecule has 0 spiro atoms. The SMILES string of the molecule is CC(c1nnc(-c2cccs2)o1)N1CCc2cncnc2C1. The van der Waals surface area contributed by atoms with Crippen molar-refractivity contribution < 1.29 is 4.42 Å². The van der Waals surface area contributed by atoms with Crippen LogP contribution in [0.15, 0.2) is 34.5 Å². The molecule has 0 aliphatic carbocycles. The molecule has 0 aromatic carbocycles.